The maximum atomic E-state index is 5.89. The first kappa shape index (κ1) is 15.9. The number of benzene rings is 1. The minimum Gasteiger partial charge on any atom is -0.382 e. The number of aromatic nitrogens is 3. The third-order valence-corrected chi connectivity index (χ3v) is 2.83. The van der Waals surface area contributed by atoms with Crippen LogP contribution in [0.4, 0.5) is 5.82 Å². The Hall–Kier alpha value is -1.13. The zero-order valence-electron chi connectivity index (χ0n) is 11.2. The molecule has 5 heteroatoms. The van der Waals surface area contributed by atoms with E-state index >= 15 is 0 Å². The summed E-state index contributed by atoms with van der Waals surface area (Å²) in [6.07, 6.45) is 0. The third kappa shape index (κ3) is 2.60. The van der Waals surface area contributed by atoms with Crippen LogP contribution in [-0.4, -0.2) is 14.5 Å². The van der Waals surface area contributed by atoms with Crippen molar-refractivity contribution in [3.63, 3.8) is 0 Å². The van der Waals surface area contributed by atoms with Crippen LogP contribution < -0.4 is 5.73 Å². The molecule has 4 nitrogen and oxygen atoms in total. The quantitative estimate of drug-likeness (QED) is 0.645. The van der Waals surface area contributed by atoms with E-state index in [0.717, 1.165) is 21.9 Å². The van der Waals surface area contributed by atoms with E-state index in [1.54, 1.807) is 6.92 Å². The average Bonchev–Trinajstić information content (AvgIpc) is 2.70. The molecule has 97 valence electrons. The minimum atomic E-state index is 0. The molecule has 3 rings (SSSR count). The van der Waals surface area contributed by atoms with Crippen molar-refractivity contribution < 1.29 is 32.7 Å². The Labute approximate surface area is 138 Å². The number of hydrogen-bond acceptors (Lipinski definition) is 3. The summed E-state index contributed by atoms with van der Waals surface area (Å²) in [7, 11) is 1.93. The number of fused-ring (bicyclic) bond motifs is 3. The Morgan fingerprint density at radius 3 is 2.47 bits per heavy atom. The van der Waals surface area contributed by atoms with Crippen LogP contribution in [0.2, 0.25) is 0 Å². The van der Waals surface area contributed by atoms with E-state index in [4.69, 9.17) is 5.73 Å². The average molecular weight is 329 g/mol. The van der Waals surface area contributed by atoms with Crippen molar-refractivity contribution in [3.8, 4) is 0 Å². The van der Waals surface area contributed by atoms with E-state index in [1.807, 2.05) is 35.9 Å². The summed E-state index contributed by atoms with van der Waals surface area (Å²) in [4.78, 5) is 8.66. The van der Waals surface area contributed by atoms with Gasteiger partial charge in [-0.1, -0.05) is 18.2 Å². The number of pyridine rings is 1. The van der Waals surface area contributed by atoms with Crippen molar-refractivity contribution in [1.29, 1.82) is 0 Å². The van der Waals surface area contributed by atoms with Gasteiger partial charge in [0.2, 0.25) is 0 Å². The molecule has 1 aromatic carbocycles. The molecule has 19 heavy (non-hydrogen) atoms. The normalized spacial score (nSPS) is 9.84. The number of para-hydroxylation sites is 1. The molecule has 2 N–H and O–H groups in total. The fourth-order valence-electron chi connectivity index (χ4n) is 1.99. The Bertz CT molecular complexity index is 703. The number of imidazole rings is 1. The first-order valence-electron chi connectivity index (χ1n) is 5.72. The van der Waals surface area contributed by atoms with Gasteiger partial charge in [0, 0.05) is 45.1 Å². The second kappa shape index (κ2) is 6.35. The summed E-state index contributed by atoms with van der Waals surface area (Å²) in [5, 5.41) is 1.05. The van der Waals surface area contributed by atoms with E-state index in [-0.39, 0.29) is 32.7 Å². The van der Waals surface area contributed by atoms with Crippen LogP contribution in [0.15, 0.2) is 24.3 Å². The van der Waals surface area contributed by atoms with E-state index < -0.39 is 0 Å². The SMILES string of the molecule is [CH2-]C.[CH2-]c1nc2c(N)nc3ccccc3c2n1C.[Y]. The Morgan fingerprint density at radius 1 is 1.16 bits per heavy atom. The molecule has 0 aliphatic heterocycles. The second-order valence-corrected chi connectivity index (χ2v) is 3.80. The van der Waals surface area contributed by atoms with Crippen molar-refractivity contribution >= 4 is 27.8 Å². The second-order valence-electron chi connectivity index (χ2n) is 3.80. The summed E-state index contributed by atoms with van der Waals surface area (Å²) in [5.41, 5.74) is 8.50. The molecule has 0 saturated heterocycles. The molecule has 0 spiro atoms. The van der Waals surface area contributed by atoms with Gasteiger partial charge in [0.15, 0.2) is 5.82 Å². The van der Waals surface area contributed by atoms with Crippen molar-refractivity contribution in [2.75, 3.05) is 5.73 Å². The van der Waals surface area contributed by atoms with E-state index in [9.17, 15) is 0 Å². The summed E-state index contributed by atoms with van der Waals surface area (Å²) >= 11 is 0. The molecule has 0 aliphatic carbocycles. The number of nitrogen functional groups attached to an aromatic ring is 1. The fourth-order valence-corrected chi connectivity index (χ4v) is 1.99. The predicted octanol–water partition coefficient (Wildman–Crippen LogP) is 2.72. The molecular weight excluding hydrogens is 313 g/mol. The molecule has 0 fully saturated rings. The molecule has 2 heterocycles. The number of nitrogens with two attached hydrogens (primary N) is 1. The fraction of sp³-hybridized carbons (Fsp3) is 0.143. The molecule has 0 unspecified atom stereocenters. The van der Waals surface area contributed by atoms with Crippen LogP contribution in [0.1, 0.15) is 12.7 Å². The van der Waals surface area contributed by atoms with Gasteiger partial charge >= 0.3 is 0 Å². The molecule has 2 aromatic heterocycles. The first-order valence-corrected chi connectivity index (χ1v) is 5.72. The van der Waals surface area contributed by atoms with Gasteiger partial charge in [-0.3, -0.25) is 4.98 Å². The predicted molar refractivity (Wildman–Crippen MR) is 75.9 cm³/mol. The Morgan fingerprint density at radius 2 is 1.79 bits per heavy atom. The number of aryl methyl sites for hydroxylation is 1. The largest absolute Gasteiger partial charge is 0.382 e. The van der Waals surface area contributed by atoms with Gasteiger partial charge in [0.05, 0.1) is 11.0 Å². The number of anilines is 1. The molecule has 1 radical (unpaired) electrons. The van der Waals surface area contributed by atoms with Gasteiger partial charge in [-0.2, -0.15) is 6.92 Å². The number of rotatable bonds is 0. The van der Waals surface area contributed by atoms with Crippen molar-refractivity contribution in [2.24, 2.45) is 7.05 Å². The summed E-state index contributed by atoms with van der Waals surface area (Å²) in [5.74, 6) is 1.15. The van der Waals surface area contributed by atoms with Gasteiger partial charge in [-0.25, -0.2) is 4.98 Å². The van der Waals surface area contributed by atoms with Crippen LogP contribution in [-0.2, 0) is 39.8 Å². The standard InChI is InChI=1S/C12H11N4.C2H5.Y/c1-7-14-10-11(16(7)2)8-5-3-4-6-9(8)15-12(10)13;1-2;/h3-6H,1H2,2H3,(H2,13,15);1H2,2H3;/q2*-1;. The topological polar surface area (TPSA) is 56.7 Å². The van der Waals surface area contributed by atoms with Gasteiger partial charge < -0.3 is 24.1 Å². The van der Waals surface area contributed by atoms with Crippen LogP contribution in [0.25, 0.3) is 21.9 Å². The van der Waals surface area contributed by atoms with Crippen molar-refractivity contribution in [3.05, 3.63) is 43.9 Å². The third-order valence-electron chi connectivity index (χ3n) is 2.83. The van der Waals surface area contributed by atoms with Gasteiger partial charge in [0.25, 0.3) is 0 Å². The minimum absolute atomic E-state index is 0. The van der Waals surface area contributed by atoms with Crippen LogP contribution in [0.5, 0.6) is 0 Å². The van der Waals surface area contributed by atoms with E-state index in [0.29, 0.717) is 11.6 Å². The molecule has 0 aliphatic rings. The van der Waals surface area contributed by atoms with Gasteiger partial charge in [-0.15, -0.1) is 0 Å². The molecule has 0 bridgehead atoms. The first-order chi connectivity index (χ1) is 8.68. The Balaban J connectivity index is 0.000000576. The maximum absolute atomic E-state index is 5.89. The van der Waals surface area contributed by atoms with E-state index in [1.165, 1.54) is 0 Å². The zero-order valence-corrected chi connectivity index (χ0v) is 14.1. The molecular formula is C14H16N4Y-2. The van der Waals surface area contributed by atoms with E-state index in [2.05, 4.69) is 23.8 Å². The van der Waals surface area contributed by atoms with Crippen LogP contribution in [0, 0.1) is 13.8 Å². The van der Waals surface area contributed by atoms with Gasteiger partial charge in [0.1, 0.15) is 5.52 Å². The summed E-state index contributed by atoms with van der Waals surface area (Å²) in [6, 6.07) is 7.89. The summed E-state index contributed by atoms with van der Waals surface area (Å²) in [6.45, 7) is 8.87. The zero-order chi connectivity index (χ0) is 13.3. The van der Waals surface area contributed by atoms with Crippen LogP contribution >= 0.6 is 0 Å². The molecule has 0 saturated carbocycles. The Kier molecular flexibility index (Phi) is 5.32. The monoisotopic (exact) mass is 329 g/mol. The molecule has 3 aromatic rings. The van der Waals surface area contributed by atoms with Crippen molar-refractivity contribution in [2.45, 2.75) is 6.92 Å². The van der Waals surface area contributed by atoms with Crippen LogP contribution in [0.3, 0.4) is 0 Å². The number of nitrogens with zero attached hydrogens (tertiary/aromatic N) is 3. The summed E-state index contributed by atoms with van der Waals surface area (Å²) < 4.78 is 1.94. The molecule has 0 amide bonds. The molecule has 0 atom stereocenters. The van der Waals surface area contributed by atoms with Crippen molar-refractivity contribution in [1.82, 2.24) is 14.5 Å². The number of hydrogen-bond donors (Lipinski definition) is 1. The van der Waals surface area contributed by atoms with Gasteiger partial charge in [-0.05, 0) is 11.9 Å². The maximum Gasteiger partial charge on any atom is 0.152 e. The smallest absolute Gasteiger partial charge is 0.152 e.